The molecule has 0 aliphatic heterocycles. The van der Waals surface area contributed by atoms with Crippen LogP contribution in [0.2, 0.25) is 0 Å². The summed E-state index contributed by atoms with van der Waals surface area (Å²) in [6.45, 7) is 0. The van der Waals surface area contributed by atoms with E-state index in [-0.39, 0.29) is 24.0 Å². The minimum atomic E-state index is 0. The highest BCUT2D eigenvalue weighted by Gasteiger charge is 1.39. The lowest BCUT2D eigenvalue weighted by molar-refractivity contribution is 0.432. The Morgan fingerprint density at radius 1 is 1.80 bits per heavy atom. The highest BCUT2D eigenvalue weighted by Crippen LogP contribution is 1.45. The van der Waals surface area contributed by atoms with Crippen molar-refractivity contribution in [1.29, 1.82) is 0 Å². The predicted octanol–water partition coefficient (Wildman–Crippen LogP) is 1.21. The molecule has 0 heterocycles. The van der Waals surface area contributed by atoms with Gasteiger partial charge in [0.1, 0.15) is 5.55 Å². The first-order valence-corrected chi connectivity index (χ1v) is 1.35. The summed E-state index contributed by atoms with van der Waals surface area (Å²) in [6.07, 6.45) is 0. The Hall–Kier alpha value is 0.620. The van der Waals surface area contributed by atoms with E-state index in [1.165, 1.54) is 12.7 Å². The standard InChI is InChI=1S/C2H4OS.HI/c1-3-2-4;/h2H,1H3;1H. The van der Waals surface area contributed by atoms with Gasteiger partial charge in [0.15, 0.2) is 0 Å². The van der Waals surface area contributed by atoms with Crippen LogP contribution in [-0.4, -0.2) is 12.7 Å². The SMILES string of the molecule is COC=S.I. The van der Waals surface area contributed by atoms with Crippen LogP contribution in [0.4, 0.5) is 0 Å². The number of methoxy groups -OCH3 is 1. The number of hydrogen-bond donors (Lipinski definition) is 0. The molecule has 0 aliphatic carbocycles. The fourth-order valence-corrected chi connectivity index (χ4v) is 0. The zero-order valence-corrected chi connectivity index (χ0v) is 5.95. The first-order chi connectivity index (χ1) is 1.91. The van der Waals surface area contributed by atoms with Crippen LogP contribution in [0.15, 0.2) is 0 Å². The Morgan fingerprint density at radius 3 is 2.00 bits per heavy atom. The van der Waals surface area contributed by atoms with Crippen molar-refractivity contribution in [2.24, 2.45) is 0 Å². The predicted molar refractivity (Wildman–Crippen MR) is 36.1 cm³/mol. The molecular weight excluding hydrogens is 199 g/mol. The maximum atomic E-state index is 4.23. The third kappa shape index (κ3) is 12.1. The number of halogens is 1. The van der Waals surface area contributed by atoms with Gasteiger partial charge >= 0.3 is 0 Å². The molecule has 0 saturated heterocycles. The fraction of sp³-hybridized carbons (Fsp3) is 0.500. The molecule has 0 radical (unpaired) electrons. The molecule has 0 bridgehead atoms. The quantitative estimate of drug-likeness (QED) is 0.469. The van der Waals surface area contributed by atoms with Crippen molar-refractivity contribution in [3.05, 3.63) is 0 Å². The second-order valence-electron chi connectivity index (χ2n) is 0.332. The highest BCUT2D eigenvalue weighted by atomic mass is 127. The molecule has 0 unspecified atom stereocenters. The lowest BCUT2D eigenvalue weighted by Crippen LogP contribution is -1.64. The summed E-state index contributed by atoms with van der Waals surface area (Å²) in [6, 6.07) is 0. The van der Waals surface area contributed by atoms with Gasteiger partial charge in [0, 0.05) is 0 Å². The first-order valence-electron chi connectivity index (χ1n) is 0.880. The van der Waals surface area contributed by atoms with Crippen LogP contribution in [0, 0.1) is 0 Å². The minimum Gasteiger partial charge on any atom is -0.493 e. The average Bonchev–Trinajstić information content (AvgIpc) is 1.37. The van der Waals surface area contributed by atoms with Gasteiger partial charge in [-0.3, -0.25) is 0 Å². The average molecular weight is 204 g/mol. The van der Waals surface area contributed by atoms with Crippen molar-refractivity contribution >= 4 is 41.7 Å². The van der Waals surface area contributed by atoms with E-state index in [1.54, 1.807) is 0 Å². The zero-order valence-electron chi connectivity index (χ0n) is 2.80. The van der Waals surface area contributed by atoms with Crippen molar-refractivity contribution < 1.29 is 4.74 Å². The molecule has 0 saturated carbocycles. The first kappa shape index (κ1) is 9.15. The fourth-order valence-electron chi connectivity index (χ4n) is 0. The summed E-state index contributed by atoms with van der Waals surface area (Å²) in [5, 5.41) is 0. The molecule has 32 valence electrons. The molecule has 0 fully saturated rings. The van der Waals surface area contributed by atoms with Gasteiger partial charge in [-0.05, 0) is 12.2 Å². The van der Waals surface area contributed by atoms with E-state index in [9.17, 15) is 0 Å². The number of ether oxygens (including phenoxy) is 1. The molecular formula is C2H5IOS. The monoisotopic (exact) mass is 204 g/mol. The summed E-state index contributed by atoms with van der Waals surface area (Å²) in [5.74, 6) is 0. The van der Waals surface area contributed by atoms with Gasteiger partial charge < -0.3 is 4.74 Å². The van der Waals surface area contributed by atoms with Crippen LogP contribution < -0.4 is 0 Å². The van der Waals surface area contributed by atoms with Crippen LogP contribution >= 0.6 is 36.2 Å². The lowest BCUT2D eigenvalue weighted by atomic mass is 11.5. The normalized spacial score (nSPS) is 4.20. The second kappa shape index (κ2) is 8.82. The topological polar surface area (TPSA) is 9.23 Å². The Morgan fingerprint density at radius 2 is 2.00 bits per heavy atom. The molecule has 0 rings (SSSR count). The maximum absolute atomic E-state index is 4.23. The van der Waals surface area contributed by atoms with Crippen LogP contribution in [0.3, 0.4) is 0 Å². The Labute approximate surface area is 53.7 Å². The lowest BCUT2D eigenvalue weighted by Gasteiger charge is -1.70. The van der Waals surface area contributed by atoms with Crippen LogP contribution in [-0.2, 0) is 4.74 Å². The van der Waals surface area contributed by atoms with Crippen LogP contribution in [0.5, 0.6) is 0 Å². The van der Waals surface area contributed by atoms with E-state index in [1.807, 2.05) is 0 Å². The van der Waals surface area contributed by atoms with Gasteiger partial charge in [-0.2, -0.15) is 0 Å². The molecule has 0 atom stereocenters. The second-order valence-corrected chi connectivity index (χ2v) is 0.524. The Kier molecular flexibility index (Phi) is 16.1. The van der Waals surface area contributed by atoms with Crippen molar-refractivity contribution in [2.45, 2.75) is 0 Å². The van der Waals surface area contributed by atoms with Gasteiger partial charge in [-0.1, -0.05) is 0 Å². The third-order valence-electron chi connectivity index (χ3n) is 0.0962. The van der Waals surface area contributed by atoms with Crippen molar-refractivity contribution in [2.75, 3.05) is 7.11 Å². The van der Waals surface area contributed by atoms with E-state index >= 15 is 0 Å². The van der Waals surface area contributed by atoms with Gasteiger partial charge in [0.05, 0.1) is 7.11 Å². The van der Waals surface area contributed by atoms with Gasteiger partial charge in [-0.25, -0.2) is 0 Å². The van der Waals surface area contributed by atoms with Crippen molar-refractivity contribution in [1.82, 2.24) is 0 Å². The van der Waals surface area contributed by atoms with Gasteiger partial charge in [0.2, 0.25) is 0 Å². The maximum Gasteiger partial charge on any atom is 0.145 e. The summed E-state index contributed by atoms with van der Waals surface area (Å²) in [4.78, 5) is 0. The Balaban J connectivity index is 0. The van der Waals surface area contributed by atoms with Gasteiger partial charge in [-0.15, -0.1) is 24.0 Å². The van der Waals surface area contributed by atoms with E-state index in [0.717, 1.165) is 0 Å². The molecule has 3 heteroatoms. The number of hydrogen-bond acceptors (Lipinski definition) is 2. The summed E-state index contributed by atoms with van der Waals surface area (Å²) >= 11 is 4.21. The van der Waals surface area contributed by atoms with Crippen LogP contribution in [0.1, 0.15) is 0 Å². The largest absolute Gasteiger partial charge is 0.493 e. The molecule has 0 spiro atoms. The van der Waals surface area contributed by atoms with Gasteiger partial charge in [0.25, 0.3) is 0 Å². The molecule has 0 aliphatic rings. The highest BCUT2D eigenvalue weighted by molar-refractivity contribution is 14.0. The molecule has 0 N–H and O–H groups in total. The van der Waals surface area contributed by atoms with E-state index in [4.69, 9.17) is 0 Å². The number of thiocarbonyl (C=S) groups is 1. The van der Waals surface area contributed by atoms with E-state index < -0.39 is 0 Å². The molecule has 0 aromatic carbocycles. The minimum absolute atomic E-state index is 0. The Bertz CT molecular complexity index is 23.6. The number of rotatable bonds is 1. The molecule has 0 aromatic heterocycles. The summed E-state index contributed by atoms with van der Waals surface area (Å²) in [5.41, 5.74) is 1.21. The molecule has 5 heavy (non-hydrogen) atoms. The van der Waals surface area contributed by atoms with E-state index in [2.05, 4.69) is 17.0 Å². The van der Waals surface area contributed by atoms with Crippen LogP contribution in [0.25, 0.3) is 0 Å². The molecule has 0 aromatic rings. The van der Waals surface area contributed by atoms with Crippen molar-refractivity contribution in [3.8, 4) is 0 Å². The summed E-state index contributed by atoms with van der Waals surface area (Å²) in [7, 11) is 1.52. The summed E-state index contributed by atoms with van der Waals surface area (Å²) < 4.78 is 4.23. The van der Waals surface area contributed by atoms with E-state index in [0.29, 0.717) is 0 Å². The zero-order chi connectivity index (χ0) is 3.41. The third-order valence-corrected chi connectivity index (χ3v) is 0.289. The molecule has 1 nitrogen and oxygen atoms in total. The smallest absolute Gasteiger partial charge is 0.145 e. The molecule has 0 amide bonds. The van der Waals surface area contributed by atoms with Crippen molar-refractivity contribution in [3.63, 3.8) is 0 Å².